The van der Waals surface area contributed by atoms with Crippen molar-refractivity contribution < 1.29 is 9.53 Å². The lowest BCUT2D eigenvalue weighted by molar-refractivity contribution is -0.128. The monoisotopic (exact) mass is 372 g/mol. The Balaban J connectivity index is 1.58. The average molecular weight is 373 g/mol. The van der Waals surface area contributed by atoms with Gasteiger partial charge in [-0.05, 0) is 57.1 Å². The maximum Gasteiger partial charge on any atom is 0.241 e. The van der Waals surface area contributed by atoms with Crippen molar-refractivity contribution in [3.63, 3.8) is 0 Å². The summed E-state index contributed by atoms with van der Waals surface area (Å²) in [5, 5.41) is 6.38. The van der Waals surface area contributed by atoms with Crippen LogP contribution < -0.4 is 15.4 Å². The Bertz CT molecular complexity index is 664. The number of hydrogen-bond acceptors (Lipinski definition) is 3. The van der Waals surface area contributed by atoms with Gasteiger partial charge in [-0.1, -0.05) is 12.1 Å². The smallest absolute Gasteiger partial charge is 0.241 e. The average Bonchev–Trinajstić information content (AvgIpc) is 3.33. The standard InChI is InChI=1S/C21H32N4O2/c1-3-22-21(24-14-20(26)25-10-4-5-11-25)23-13-18-9-6-16(2)12-19(18)27-15-17-7-8-17/h6,9,12,17H,3-5,7-8,10-11,13-15H2,1-2H3,(H2,22,23,24). The molecule has 1 saturated carbocycles. The molecule has 1 amide bonds. The molecule has 148 valence electrons. The van der Waals surface area contributed by atoms with Crippen LogP contribution in [-0.2, 0) is 11.3 Å². The topological polar surface area (TPSA) is 66.0 Å². The summed E-state index contributed by atoms with van der Waals surface area (Å²) in [5.41, 5.74) is 2.26. The van der Waals surface area contributed by atoms with Gasteiger partial charge in [0.15, 0.2) is 5.96 Å². The van der Waals surface area contributed by atoms with Gasteiger partial charge in [0.05, 0.1) is 19.7 Å². The zero-order chi connectivity index (χ0) is 19.1. The highest BCUT2D eigenvalue weighted by molar-refractivity contribution is 5.86. The fourth-order valence-electron chi connectivity index (χ4n) is 3.16. The number of ether oxygens (including phenoxy) is 1. The largest absolute Gasteiger partial charge is 0.493 e. The van der Waals surface area contributed by atoms with Gasteiger partial charge in [0, 0.05) is 25.2 Å². The Labute approximate surface area is 162 Å². The van der Waals surface area contributed by atoms with E-state index >= 15 is 0 Å². The van der Waals surface area contributed by atoms with Crippen LogP contribution >= 0.6 is 0 Å². The Kier molecular flexibility index (Phi) is 6.96. The number of hydrogen-bond donors (Lipinski definition) is 2. The second-order valence-corrected chi connectivity index (χ2v) is 7.50. The van der Waals surface area contributed by atoms with Crippen molar-refractivity contribution in [2.24, 2.45) is 10.9 Å². The zero-order valence-corrected chi connectivity index (χ0v) is 16.6. The third-order valence-corrected chi connectivity index (χ3v) is 5.01. The number of amides is 1. The van der Waals surface area contributed by atoms with Crippen LogP contribution in [0.2, 0.25) is 0 Å². The molecule has 1 aliphatic carbocycles. The number of guanidine groups is 1. The highest BCUT2D eigenvalue weighted by Crippen LogP contribution is 2.30. The molecule has 0 aromatic heterocycles. The molecule has 1 aromatic carbocycles. The van der Waals surface area contributed by atoms with E-state index in [0.29, 0.717) is 12.5 Å². The predicted octanol–water partition coefficient (Wildman–Crippen LogP) is 2.46. The fourth-order valence-corrected chi connectivity index (χ4v) is 3.16. The molecule has 0 spiro atoms. The molecule has 0 radical (unpaired) electrons. The van der Waals surface area contributed by atoms with Crippen molar-refractivity contribution in [3.05, 3.63) is 29.3 Å². The van der Waals surface area contributed by atoms with Crippen molar-refractivity contribution in [1.29, 1.82) is 0 Å². The summed E-state index contributed by atoms with van der Waals surface area (Å²) in [6, 6.07) is 6.26. The maximum absolute atomic E-state index is 12.2. The normalized spacial score (nSPS) is 17.1. The number of benzene rings is 1. The first kappa shape index (κ1) is 19.5. The lowest BCUT2D eigenvalue weighted by Crippen LogP contribution is -2.44. The number of carbonyl (C=O) groups excluding carboxylic acids is 1. The maximum atomic E-state index is 12.2. The van der Waals surface area contributed by atoms with Gasteiger partial charge in [0.2, 0.25) is 5.91 Å². The van der Waals surface area contributed by atoms with Crippen LogP contribution in [-0.4, -0.2) is 49.6 Å². The molecule has 3 rings (SSSR count). The lowest BCUT2D eigenvalue weighted by atomic mass is 10.1. The predicted molar refractivity (Wildman–Crippen MR) is 108 cm³/mol. The number of rotatable bonds is 8. The minimum atomic E-state index is 0.141. The van der Waals surface area contributed by atoms with Crippen LogP contribution in [0.4, 0.5) is 0 Å². The molecule has 6 nitrogen and oxygen atoms in total. The molecule has 2 N–H and O–H groups in total. The van der Waals surface area contributed by atoms with Gasteiger partial charge in [-0.15, -0.1) is 0 Å². The second kappa shape index (κ2) is 9.62. The van der Waals surface area contributed by atoms with E-state index in [-0.39, 0.29) is 12.5 Å². The van der Waals surface area contributed by atoms with E-state index in [4.69, 9.17) is 4.74 Å². The summed E-state index contributed by atoms with van der Waals surface area (Å²) >= 11 is 0. The minimum absolute atomic E-state index is 0.141. The first-order valence-corrected chi connectivity index (χ1v) is 10.2. The van der Waals surface area contributed by atoms with E-state index in [0.717, 1.165) is 56.3 Å². The second-order valence-electron chi connectivity index (χ2n) is 7.50. The van der Waals surface area contributed by atoms with Gasteiger partial charge >= 0.3 is 0 Å². The number of aryl methyl sites for hydroxylation is 1. The van der Waals surface area contributed by atoms with E-state index in [1.165, 1.54) is 18.4 Å². The summed E-state index contributed by atoms with van der Waals surface area (Å²) in [4.78, 5) is 18.8. The van der Waals surface area contributed by atoms with Gasteiger partial charge in [0.1, 0.15) is 5.75 Å². The Morgan fingerprint density at radius 3 is 2.74 bits per heavy atom. The number of nitrogens with one attached hydrogen (secondary N) is 2. The van der Waals surface area contributed by atoms with E-state index in [1.807, 2.05) is 11.8 Å². The number of carbonyl (C=O) groups is 1. The molecule has 1 saturated heterocycles. The number of likely N-dealkylation sites (tertiary alicyclic amines) is 1. The Morgan fingerprint density at radius 1 is 1.26 bits per heavy atom. The van der Waals surface area contributed by atoms with Crippen LogP contribution in [0.25, 0.3) is 0 Å². The third kappa shape index (κ3) is 6.15. The van der Waals surface area contributed by atoms with E-state index in [1.54, 1.807) is 0 Å². The van der Waals surface area contributed by atoms with Crippen molar-refractivity contribution >= 4 is 11.9 Å². The molecule has 2 aliphatic rings. The van der Waals surface area contributed by atoms with Crippen LogP contribution in [0.15, 0.2) is 23.2 Å². The highest BCUT2D eigenvalue weighted by atomic mass is 16.5. The molecule has 1 aliphatic heterocycles. The number of nitrogens with zero attached hydrogens (tertiary/aromatic N) is 2. The molecule has 6 heteroatoms. The molecule has 0 unspecified atom stereocenters. The molecular weight excluding hydrogens is 340 g/mol. The molecule has 0 atom stereocenters. The quantitative estimate of drug-likeness (QED) is 0.543. The first-order chi connectivity index (χ1) is 13.2. The Hall–Kier alpha value is -2.24. The zero-order valence-electron chi connectivity index (χ0n) is 16.6. The first-order valence-electron chi connectivity index (χ1n) is 10.2. The van der Waals surface area contributed by atoms with Gasteiger partial charge < -0.3 is 20.3 Å². The van der Waals surface area contributed by atoms with Gasteiger partial charge in [-0.2, -0.15) is 0 Å². The summed E-state index contributed by atoms with van der Waals surface area (Å²) in [6.07, 6.45) is 4.77. The van der Waals surface area contributed by atoms with E-state index < -0.39 is 0 Å². The van der Waals surface area contributed by atoms with Gasteiger partial charge in [0.25, 0.3) is 0 Å². The third-order valence-electron chi connectivity index (χ3n) is 5.01. The van der Waals surface area contributed by atoms with Crippen LogP contribution in [0.5, 0.6) is 5.75 Å². The summed E-state index contributed by atoms with van der Waals surface area (Å²) in [6.45, 7) is 8.20. The van der Waals surface area contributed by atoms with E-state index in [9.17, 15) is 4.79 Å². The van der Waals surface area contributed by atoms with Crippen LogP contribution in [0.3, 0.4) is 0 Å². The van der Waals surface area contributed by atoms with Crippen molar-refractivity contribution in [2.75, 3.05) is 32.8 Å². The molecule has 1 heterocycles. The van der Waals surface area contributed by atoms with Crippen molar-refractivity contribution in [1.82, 2.24) is 15.5 Å². The summed E-state index contributed by atoms with van der Waals surface area (Å²) in [7, 11) is 0. The SMILES string of the molecule is CCNC(=NCc1ccc(C)cc1OCC1CC1)NCC(=O)N1CCCC1. The fraction of sp³-hybridized carbons (Fsp3) is 0.619. The number of aliphatic imine (C=N–C) groups is 1. The van der Waals surface area contributed by atoms with Gasteiger partial charge in [-0.3, -0.25) is 4.79 Å². The van der Waals surface area contributed by atoms with Crippen LogP contribution in [0.1, 0.15) is 43.7 Å². The van der Waals surface area contributed by atoms with Crippen molar-refractivity contribution in [2.45, 2.75) is 46.1 Å². The molecule has 27 heavy (non-hydrogen) atoms. The molecule has 0 bridgehead atoms. The van der Waals surface area contributed by atoms with Gasteiger partial charge in [-0.25, -0.2) is 4.99 Å². The molecular formula is C21H32N4O2. The molecule has 1 aromatic rings. The van der Waals surface area contributed by atoms with E-state index in [2.05, 4.69) is 40.7 Å². The van der Waals surface area contributed by atoms with Crippen LogP contribution in [0, 0.1) is 12.8 Å². The highest BCUT2D eigenvalue weighted by Gasteiger charge is 2.22. The summed E-state index contributed by atoms with van der Waals surface area (Å²) < 4.78 is 6.03. The summed E-state index contributed by atoms with van der Waals surface area (Å²) in [5.74, 6) is 2.45. The molecule has 2 fully saturated rings. The Morgan fingerprint density at radius 2 is 2.04 bits per heavy atom. The minimum Gasteiger partial charge on any atom is -0.493 e. The lowest BCUT2D eigenvalue weighted by Gasteiger charge is -2.17. The van der Waals surface area contributed by atoms with Crippen molar-refractivity contribution in [3.8, 4) is 5.75 Å².